The number of hydrogen-bond acceptors (Lipinski definition) is 3. The first-order valence-electron chi connectivity index (χ1n) is 6.23. The predicted molar refractivity (Wildman–Crippen MR) is 78.8 cm³/mol. The van der Waals surface area contributed by atoms with Crippen LogP contribution in [0.15, 0.2) is 42.5 Å². The number of hydrogen-bond donors (Lipinski definition) is 2. The van der Waals surface area contributed by atoms with Gasteiger partial charge >= 0.3 is 0 Å². The summed E-state index contributed by atoms with van der Waals surface area (Å²) >= 11 is 0. The average molecular weight is 251 g/mol. The summed E-state index contributed by atoms with van der Waals surface area (Å²) in [6, 6.07) is 16.0. The molecule has 0 spiro atoms. The van der Waals surface area contributed by atoms with E-state index in [2.05, 4.69) is 49.5 Å². The standard InChI is InChI=1S/C16H17N3/c1-11-6-8-13(9-7-11)12(2)19-15-5-3-4-14(10-17)16(15)18/h3-9,12,19H,18H2,1-2H3. The number of para-hydroxylation sites is 1. The molecule has 0 radical (unpaired) electrons. The van der Waals surface area contributed by atoms with Crippen LogP contribution in [0.5, 0.6) is 0 Å². The molecule has 3 heteroatoms. The molecule has 96 valence electrons. The molecular formula is C16H17N3. The van der Waals surface area contributed by atoms with E-state index in [1.165, 1.54) is 11.1 Å². The van der Waals surface area contributed by atoms with E-state index in [1.54, 1.807) is 6.07 Å². The highest BCUT2D eigenvalue weighted by atomic mass is 14.9. The number of anilines is 2. The van der Waals surface area contributed by atoms with Gasteiger partial charge in [-0.1, -0.05) is 35.9 Å². The summed E-state index contributed by atoms with van der Waals surface area (Å²) in [5, 5.41) is 12.3. The van der Waals surface area contributed by atoms with Crippen LogP contribution in [0, 0.1) is 18.3 Å². The summed E-state index contributed by atoms with van der Waals surface area (Å²) in [4.78, 5) is 0. The molecule has 2 aromatic rings. The van der Waals surface area contributed by atoms with E-state index in [4.69, 9.17) is 11.0 Å². The molecule has 0 aliphatic heterocycles. The largest absolute Gasteiger partial charge is 0.396 e. The number of nitrogens with one attached hydrogen (secondary N) is 1. The Morgan fingerprint density at radius 2 is 1.84 bits per heavy atom. The topological polar surface area (TPSA) is 61.8 Å². The maximum absolute atomic E-state index is 8.97. The number of nitriles is 1. The van der Waals surface area contributed by atoms with Gasteiger partial charge in [0.15, 0.2) is 0 Å². The maximum Gasteiger partial charge on any atom is 0.101 e. The minimum Gasteiger partial charge on any atom is -0.396 e. The Hall–Kier alpha value is -2.47. The lowest BCUT2D eigenvalue weighted by Crippen LogP contribution is -2.09. The van der Waals surface area contributed by atoms with E-state index in [0.29, 0.717) is 11.3 Å². The van der Waals surface area contributed by atoms with Gasteiger partial charge in [0.05, 0.1) is 16.9 Å². The van der Waals surface area contributed by atoms with Crippen molar-refractivity contribution >= 4 is 11.4 Å². The van der Waals surface area contributed by atoms with Crippen molar-refractivity contribution in [3.63, 3.8) is 0 Å². The van der Waals surface area contributed by atoms with Gasteiger partial charge in [-0.2, -0.15) is 5.26 Å². The minimum absolute atomic E-state index is 0.136. The third kappa shape index (κ3) is 2.86. The monoisotopic (exact) mass is 251 g/mol. The quantitative estimate of drug-likeness (QED) is 0.819. The number of benzene rings is 2. The van der Waals surface area contributed by atoms with Crippen molar-refractivity contribution in [2.75, 3.05) is 11.1 Å². The third-order valence-electron chi connectivity index (χ3n) is 3.18. The molecule has 2 aromatic carbocycles. The molecule has 0 saturated heterocycles. The van der Waals surface area contributed by atoms with Crippen LogP contribution in [0.4, 0.5) is 11.4 Å². The molecule has 0 aliphatic rings. The Kier molecular flexibility index (Phi) is 3.72. The van der Waals surface area contributed by atoms with Crippen molar-refractivity contribution in [3.05, 3.63) is 59.2 Å². The second-order valence-corrected chi connectivity index (χ2v) is 4.66. The van der Waals surface area contributed by atoms with Crippen molar-refractivity contribution in [1.29, 1.82) is 5.26 Å². The zero-order valence-corrected chi connectivity index (χ0v) is 11.1. The third-order valence-corrected chi connectivity index (χ3v) is 3.18. The second-order valence-electron chi connectivity index (χ2n) is 4.66. The Morgan fingerprint density at radius 1 is 1.16 bits per heavy atom. The Bertz CT molecular complexity index is 609. The molecule has 0 heterocycles. The van der Waals surface area contributed by atoms with Gasteiger partial charge in [0.1, 0.15) is 6.07 Å². The number of nitrogens with two attached hydrogens (primary N) is 1. The molecule has 1 unspecified atom stereocenters. The summed E-state index contributed by atoms with van der Waals surface area (Å²) in [7, 11) is 0. The Balaban J connectivity index is 2.22. The number of rotatable bonds is 3. The smallest absolute Gasteiger partial charge is 0.101 e. The van der Waals surface area contributed by atoms with E-state index in [9.17, 15) is 0 Å². The lowest BCUT2D eigenvalue weighted by molar-refractivity contribution is 0.884. The number of nitrogens with zero attached hydrogens (tertiary/aromatic N) is 1. The summed E-state index contributed by atoms with van der Waals surface area (Å²) in [5.74, 6) is 0. The van der Waals surface area contributed by atoms with Crippen molar-refractivity contribution in [2.24, 2.45) is 0 Å². The lowest BCUT2D eigenvalue weighted by Gasteiger charge is -2.17. The van der Waals surface area contributed by atoms with Crippen LogP contribution < -0.4 is 11.1 Å². The molecule has 19 heavy (non-hydrogen) atoms. The summed E-state index contributed by atoms with van der Waals surface area (Å²) in [5.41, 5.74) is 10.2. The first kappa shape index (κ1) is 13.0. The first-order chi connectivity index (χ1) is 9.11. The molecule has 0 fully saturated rings. The second kappa shape index (κ2) is 5.45. The highest BCUT2D eigenvalue weighted by Crippen LogP contribution is 2.26. The molecule has 0 amide bonds. The SMILES string of the molecule is Cc1ccc(C(C)Nc2cccc(C#N)c2N)cc1. The van der Waals surface area contributed by atoms with E-state index < -0.39 is 0 Å². The zero-order chi connectivity index (χ0) is 13.8. The summed E-state index contributed by atoms with van der Waals surface area (Å²) in [6.07, 6.45) is 0. The molecular weight excluding hydrogens is 234 g/mol. The fourth-order valence-electron chi connectivity index (χ4n) is 1.96. The van der Waals surface area contributed by atoms with Gasteiger partial charge in [0, 0.05) is 6.04 Å². The van der Waals surface area contributed by atoms with Crippen molar-refractivity contribution < 1.29 is 0 Å². The first-order valence-corrected chi connectivity index (χ1v) is 6.23. The van der Waals surface area contributed by atoms with Gasteiger partial charge in [0.25, 0.3) is 0 Å². The van der Waals surface area contributed by atoms with Crippen LogP contribution in [0.1, 0.15) is 29.7 Å². The summed E-state index contributed by atoms with van der Waals surface area (Å²) < 4.78 is 0. The van der Waals surface area contributed by atoms with Gasteiger partial charge < -0.3 is 11.1 Å². The van der Waals surface area contributed by atoms with Gasteiger partial charge in [-0.3, -0.25) is 0 Å². The van der Waals surface area contributed by atoms with Crippen LogP contribution in [-0.4, -0.2) is 0 Å². The maximum atomic E-state index is 8.97. The highest BCUT2D eigenvalue weighted by Gasteiger charge is 2.09. The van der Waals surface area contributed by atoms with Crippen molar-refractivity contribution in [1.82, 2.24) is 0 Å². The van der Waals surface area contributed by atoms with E-state index in [-0.39, 0.29) is 6.04 Å². The van der Waals surface area contributed by atoms with Crippen LogP contribution in [-0.2, 0) is 0 Å². The fraction of sp³-hybridized carbons (Fsp3) is 0.188. The van der Waals surface area contributed by atoms with Crippen LogP contribution >= 0.6 is 0 Å². The van der Waals surface area contributed by atoms with E-state index >= 15 is 0 Å². The number of nitrogen functional groups attached to an aromatic ring is 1. The molecule has 0 bridgehead atoms. The zero-order valence-electron chi connectivity index (χ0n) is 11.1. The Morgan fingerprint density at radius 3 is 2.47 bits per heavy atom. The molecule has 0 saturated carbocycles. The van der Waals surface area contributed by atoms with Gasteiger partial charge in [-0.15, -0.1) is 0 Å². The van der Waals surface area contributed by atoms with Crippen molar-refractivity contribution in [3.8, 4) is 6.07 Å². The molecule has 0 aromatic heterocycles. The lowest BCUT2D eigenvalue weighted by atomic mass is 10.1. The summed E-state index contributed by atoms with van der Waals surface area (Å²) in [6.45, 7) is 4.14. The van der Waals surface area contributed by atoms with Gasteiger partial charge in [-0.25, -0.2) is 0 Å². The molecule has 3 N–H and O–H groups in total. The molecule has 0 aliphatic carbocycles. The highest BCUT2D eigenvalue weighted by molar-refractivity contribution is 5.73. The number of aryl methyl sites for hydroxylation is 1. The van der Waals surface area contributed by atoms with Crippen LogP contribution in [0.3, 0.4) is 0 Å². The Labute approximate surface area is 113 Å². The normalized spacial score (nSPS) is 11.6. The van der Waals surface area contributed by atoms with Crippen molar-refractivity contribution in [2.45, 2.75) is 19.9 Å². The molecule has 2 rings (SSSR count). The minimum atomic E-state index is 0.136. The molecule has 1 atom stereocenters. The average Bonchev–Trinajstić information content (AvgIpc) is 2.42. The predicted octanol–water partition coefficient (Wildman–Crippen LogP) is 3.62. The van der Waals surface area contributed by atoms with Crippen LogP contribution in [0.25, 0.3) is 0 Å². The van der Waals surface area contributed by atoms with E-state index in [0.717, 1.165) is 5.69 Å². The molecule has 3 nitrogen and oxygen atoms in total. The van der Waals surface area contributed by atoms with E-state index in [1.807, 2.05) is 12.1 Å². The van der Waals surface area contributed by atoms with Crippen LogP contribution in [0.2, 0.25) is 0 Å². The van der Waals surface area contributed by atoms with Gasteiger partial charge in [-0.05, 0) is 31.5 Å². The van der Waals surface area contributed by atoms with Gasteiger partial charge in [0.2, 0.25) is 0 Å². The fourth-order valence-corrected chi connectivity index (χ4v) is 1.96.